The lowest BCUT2D eigenvalue weighted by Gasteiger charge is -2.34. The van der Waals surface area contributed by atoms with Crippen molar-refractivity contribution in [3.8, 4) is 22.6 Å². The molecule has 2 nitrogen and oxygen atoms in total. The molecule has 2 aromatic rings. The van der Waals surface area contributed by atoms with Gasteiger partial charge in [-0.3, -0.25) is 0 Å². The molecular weight excluding hydrogens is 212 g/mol. The summed E-state index contributed by atoms with van der Waals surface area (Å²) in [7, 11) is 0. The summed E-state index contributed by atoms with van der Waals surface area (Å²) < 4.78 is 5.97. The SMILES string of the molecule is CC1(C)Oc2cc(O)ccc2-c2ccccc21. The Hall–Kier alpha value is -1.96. The van der Waals surface area contributed by atoms with Gasteiger partial charge in [0.1, 0.15) is 17.1 Å². The van der Waals surface area contributed by atoms with Gasteiger partial charge in [0.05, 0.1) is 0 Å². The molecule has 2 heteroatoms. The Bertz CT molecular complexity index is 585. The Balaban J connectivity index is 2.31. The van der Waals surface area contributed by atoms with Crippen molar-refractivity contribution < 1.29 is 9.84 Å². The molecule has 1 heterocycles. The second-order valence-electron chi connectivity index (χ2n) is 4.84. The maximum Gasteiger partial charge on any atom is 0.132 e. The predicted molar refractivity (Wildman–Crippen MR) is 67.2 cm³/mol. The zero-order valence-electron chi connectivity index (χ0n) is 9.90. The van der Waals surface area contributed by atoms with Gasteiger partial charge in [0.2, 0.25) is 0 Å². The molecule has 0 fully saturated rings. The number of hydrogen-bond acceptors (Lipinski definition) is 2. The lowest BCUT2D eigenvalue weighted by molar-refractivity contribution is 0.105. The van der Waals surface area contributed by atoms with Crippen LogP contribution in [-0.2, 0) is 5.60 Å². The third kappa shape index (κ3) is 1.48. The molecule has 0 aromatic heterocycles. The van der Waals surface area contributed by atoms with Crippen LogP contribution in [0.5, 0.6) is 11.5 Å². The Morgan fingerprint density at radius 2 is 1.76 bits per heavy atom. The summed E-state index contributed by atoms with van der Waals surface area (Å²) in [5.74, 6) is 0.979. The molecule has 17 heavy (non-hydrogen) atoms. The molecule has 3 rings (SSSR count). The highest BCUT2D eigenvalue weighted by Gasteiger charge is 2.32. The van der Waals surface area contributed by atoms with Crippen molar-refractivity contribution in [1.29, 1.82) is 0 Å². The van der Waals surface area contributed by atoms with E-state index in [9.17, 15) is 5.11 Å². The first-order valence-corrected chi connectivity index (χ1v) is 5.70. The van der Waals surface area contributed by atoms with Gasteiger partial charge < -0.3 is 9.84 Å². The molecule has 0 atom stereocenters. The largest absolute Gasteiger partial charge is 0.508 e. The molecule has 86 valence electrons. The van der Waals surface area contributed by atoms with E-state index in [1.54, 1.807) is 12.1 Å². The average Bonchev–Trinajstić information content (AvgIpc) is 2.28. The van der Waals surface area contributed by atoms with Gasteiger partial charge in [-0.1, -0.05) is 24.3 Å². The summed E-state index contributed by atoms with van der Waals surface area (Å²) in [6.07, 6.45) is 0. The fourth-order valence-corrected chi connectivity index (χ4v) is 2.39. The summed E-state index contributed by atoms with van der Waals surface area (Å²) in [5, 5.41) is 9.53. The zero-order valence-corrected chi connectivity index (χ0v) is 9.90. The molecule has 0 bridgehead atoms. The Morgan fingerprint density at radius 3 is 2.59 bits per heavy atom. The second-order valence-corrected chi connectivity index (χ2v) is 4.84. The fraction of sp³-hybridized carbons (Fsp3) is 0.200. The van der Waals surface area contributed by atoms with E-state index in [-0.39, 0.29) is 11.4 Å². The molecule has 1 N–H and O–H groups in total. The van der Waals surface area contributed by atoms with Gasteiger partial charge in [0, 0.05) is 17.2 Å². The highest BCUT2D eigenvalue weighted by Crippen LogP contribution is 2.45. The number of fused-ring (bicyclic) bond motifs is 3. The summed E-state index contributed by atoms with van der Waals surface area (Å²) in [5.41, 5.74) is 3.03. The standard InChI is InChI=1S/C15H14O2/c1-15(2)13-6-4-3-5-11(13)12-8-7-10(16)9-14(12)17-15/h3-9,16H,1-2H3. The van der Waals surface area contributed by atoms with Crippen LogP contribution < -0.4 is 4.74 Å². The van der Waals surface area contributed by atoms with Crippen molar-refractivity contribution in [3.05, 3.63) is 48.0 Å². The molecule has 1 aliphatic rings. The van der Waals surface area contributed by atoms with Gasteiger partial charge in [-0.2, -0.15) is 0 Å². The average molecular weight is 226 g/mol. The normalized spacial score (nSPS) is 15.6. The van der Waals surface area contributed by atoms with Crippen LogP contribution in [0.15, 0.2) is 42.5 Å². The van der Waals surface area contributed by atoms with Crippen LogP contribution in [-0.4, -0.2) is 5.11 Å². The van der Waals surface area contributed by atoms with E-state index in [2.05, 4.69) is 12.1 Å². The van der Waals surface area contributed by atoms with Crippen LogP contribution >= 0.6 is 0 Å². The van der Waals surface area contributed by atoms with E-state index < -0.39 is 0 Å². The highest BCUT2D eigenvalue weighted by atomic mass is 16.5. The second kappa shape index (κ2) is 3.27. The van der Waals surface area contributed by atoms with E-state index >= 15 is 0 Å². The predicted octanol–water partition coefficient (Wildman–Crippen LogP) is 3.69. The lowest BCUT2D eigenvalue weighted by atomic mass is 9.86. The van der Waals surface area contributed by atoms with Crippen molar-refractivity contribution in [2.24, 2.45) is 0 Å². The monoisotopic (exact) mass is 226 g/mol. The molecule has 0 unspecified atom stereocenters. The molecular formula is C15H14O2. The molecule has 0 aliphatic carbocycles. The Morgan fingerprint density at radius 1 is 1.00 bits per heavy atom. The number of benzene rings is 2. The molecule has 1 aliphatic heterocycles. The van der Waals surface area contributed by atoms with Gasteiger partial charge in [-0.15, -0.1) is 0 Å². The van der Waals surface area contributed by atoms with E-state index in [1.165, 1.54) is 11.1 Å². The van der Waals surface area contributed by atoms with Crippen LogP contribution in [0.2, 0.25) is 0 Å². The molecule has 0 spiro atoms. The van der Waals surface area contributed by atoms with E-state index in [0.717, 1.165) is 11.3 Å². The quantitative estimate of drug-likeness (QED) is 0.742. The topological polar surface area (TPSA) is 29.5 Å². The van der Waals surface area contributed by atoms with Crippen molar-refractivity contribution >= 4 is 0 Å². The van der Waals surface area contributed by atoms with Crippen molar-refractivity contribution in [1.82, 2.24) is 0 Å². The van der Waals surface area contributed by atoms with Crippen LogP contribution in [0.25, 0.3) is 11.1 Å². The van der Waals surface area contributed by atoms with Crippen molar-refractivity contribution in [2.45, 2.75) is 19.4 Å². The third-order valence-corrected chi connectivity index (χ3v) is 3.20. The van der Waals surface area contributed by atoms with Crippen LogP contribution in [0.4, 0.5) is 0 Å². The highest BCUT2D eigenvalue weighted by molar-refractivity contribution is 5.77. The number of aromatic hydroxyl groups is 1. The number of hydrogen-bond donors (Lipinski definition) is 1. The van der Waals surface area contributed by atoms with Crippen LogP contribution in [0, 0.1) is 0 Å². The van der Waals surface area contributed by atoms with Crippen molar-refractivity contribution in [2.75, 3.05) is 0 Å². The number of rotatable bonds is 0. The first-order chi connectivity index (χ1) is 8.08. The number of phenolic OH excluding ortho intramolecular Hbond substituents is 1. The maximum atomic E-state index is 9.53. The minimum Gasteiger partial charge on any atom is -0.508 e. The van der Waals surface area contributed by atoms with E-state index in [0.29, 0.717) is 0 Å². The van der Waals surface area contributed by atoms with Gasteiger partial charge in [-0.05, 0) is 31.5 Å². The minimum absolute atomic E-state index is 0.235. The molecule has 0 radical (unpaired) electrons. The molecule has 2 aromatic carbocycles. The van der Waals surface area contributed by atoms with Gasteiger partial charge in [0.15, 0.2) is 0 Å². The summed E-state index contributed by atoms with van der Waals surface area (Å²) in [6.45, 7) is 4.08. The van der Waals surface area contributed by atoms with Gasteiger partial charge in [-0.25, -0.2) is 0 Å². The van der Waals surface area contributed by atoms with E-state index in [4.69, 9.17) is 4.74 Å². The molecule has 0 saturated carbocycles. The maximum absolute atomic E-state index is 9.53. The van der Waals surface area contributed by atoms with Gasteiger partial charge in [0.25, 0.3) is 0 Å². The third-order valence-electron chi connectivity index (χ3n) is 3.20. The number of phenols is 1. The smallest absolute Gasteiger partial charge is 0.132 e. The Labute approximate surface area is 100 Å². The summed E-state index contributed by atoms with van der Waals surface area (Å²) in [6, 6.07) is 13.5. The zero-order chi connectivity index (χ0) is 12.0. The van der Waals surface area contributed by atoms with E-state index in [1.807, 2.05) is 32.0 Å². The Kier molecular flexibility index (Phi) is 1.96. The van der Waals surface area contributed by atoms with Gasteiger partial charge >= 0.3 is 0 Å². The van der Waals surface area contributed by atoms with Crippen molar-refractivity contribution in [3.63, 3.8) is 0 Å². The molecule has 0 saturated heterocycles. The summed E-state index contributed by atoms with van der Waals surface area (Å²) >= 11 is 0. The van der Waals surface area contributed by atoms with Crippen LogP contribution in [0.1, 0.15) is 19.4 Å². The summed E-state index contributed by atoms with van der Waals surface area (Å²) in [4.78, 5) is 0. The lowest BCUT2D eigenvalue weighted by Crippen LogP contribution is -2.29. The first-order valence-electron chi connectivity index (χ1n) is 5.70. The van der Waals surface area contributed by atoms with Crippen LogP contribution in [0.3, 0.4) is 0 Å². The fourth-order valence-electron chi connectivity index (χ4n) is 2.39. The first kappa shape index (κ1) is 10.2. The number of ether oxygens (including phenoxy) is 1. The molecule has 0 amide bonds. The minimum atomic E-state index is -0.364.